The van der Waals surface area contributed by atoms with Gasteiger partial charge in [-0.2, -0.15) is 0 Å². The molecule has 0 saturated heterocycles. The third-order valence-electron chi connectivity index (χ3n) is 1.61. The van der Waals surface area contributed by atoms with E-state index in [0.717, 1.165) is 11.1 Å². The molecule has 0 radical (unpaired) electrons. The Labute approximate surface area is 72.7 Å². The Bertz CT molecular complexity index is 290. The van der Waals surface area contributed by atoms with Gasteiger partial charge < -0.3 is 0 Å². The normalized spacial score (nSPS) is 10.4. The van der Waals surface area contributed by atoms with Crippen LogP contribution in [0.15, 0.2) is 34.3 Å². The molecule has 0 amide bonds. The highest BCUT2D eigenvalue weighted by Crippen LogP contribution is 2.06. The summed E-state index contributed by atoms with van der Waals surface area (Å²) in [5.41, 5.74) is 2.28. The first-order valence-electron chi connectivity index (χ1n) is 3.81. The Morgan fingerprint density at radius 1 is 1.42 bits per heavy atom. The molecule has 0 N–H and O–H groups in total. The molecule has 0 aliphatic carbocycles. The maximum absolute atomic E-state index is 3.96. The van der Waals surface area contributed by atoms with Crippen molar-refractivity contribution in [2.75, 3.05) is 7.05 Å². The van der Waals surface area contributed by atoms with Gasteiger partial charge in [-0.3, -0.25) is 9.98 Å². The van der Waals surface area contributed by atoms with Crippen molar-refractivity contribution >= 4 is 12.9 Å². The van der Waals surface area contributed by atoms with E-state index in [0.29, 0.717) is 6.54 Å². The Morgan fingerprint density at radius 2 is 2.17 bits per heavy atom. The highest BCUT2D eigenvalue weighted by Gasteiger charge is 1.95. The second kappa shape index (κ2) is 4.44. The van der Waals surface area contributed by atoms with Crippen molar-refractivity contribution in [1.82, 2.24) is 0 Å². The van der Waals surface area contributed by atoms with Crippen LogP contribution in [0.3, 0.4) is 0 Å². The highest BCUT2D eigenvalue weighted by molar-refractivity contribution is 5.81. The molecule has 0 spiro atoms. The largest absolute Gasteiger partial charge is 0.296 e. The van der Waals surface area contributed by atoms with Gasteiger partial charge in [0.15, 0.2) is 0 Å². The van der Waals surface area contributed by atoms with Crippen molar-refractivity contribution in [1.29, 1.82) is 0 Å². The van der Waals surface area contributed by atoms with Gasteiger partial charge in [-0.1, -0.05) is 24.3 Å². The van der Waals surface area contributed by atoms with Crippen molar-refractivity contribution in [3.05, 3.63) is 35.4 Å². The number of aliphatic imine (C=N–C) groups is 2. The van der Waals surface area contributed by atoms with Crippen LogP contribution < -0.4 is 0 Å². The molecule has 0 unspecified atom stereocenters. The third-order valence-corrected chi connectivity index (χ3v) is 1.61. The standard InChI is InChI=1S/C10H12N2/c1-11-7-9-5-3-4-6-10(9)8-12-2/h3-6,8H,1,7H2,2H3/b12-8-. The molecule has 62 valence electrons. The molecule has 0 atom stereocenters. The quantitative estimate of drug-likeness (QED) is 0.604. The molecule has 1 rings (SSSR count). The number of rotatable bonds is 3. The SMILES string of the molecule is C=NCc1ccccc1/C=N\C. The van der Waals surface area contributed by atoms with Gasteiger partial charge in [-0.05, 0) is 17.8 Å². The van der Waals surface area contributed by atoms with Gasteiger partial charge in [0.2, 0.25) is 0 Å². The van der Waals surface area contributed by atoms with E-state index < -0.39 is 0 Å². The van der Waals surface area contributed by atoms with Crippen LogP contribution >= 0.6 is 0 Å². The van der Waals surface area contributed by atoms with Crippen molar-refractivity contribution < 1.29 is 0 Å². The van der Waals surface area contributed by atoms with Crippen LogP contribution in [-0.4, -0.2) is 20.0 Å². The molecule has 0 saturated carbocycles. The summed E-state index contributed by atoms with van der Waals surface area (Å²) in [5.74, 6) is 0. The van der Waals surface area contributed by atoms with E-state index in [1.807, 2.05) is 30.5 Å². The molecule has 0 fully saturated rings. The van der Waals surface area contributed by atoms with Crippen LogP contribution in [-0.2, 0) is 6.54 Å². The second-order valence-corrected chi connectivity index (χ2v) is 2.47. The Kier molecular flexibility index (Phi) is 3.20. The lowest BCUT2D eigenvalue weighted by Crippen LogP contribution is -1.90. The number of hydrogen-bond donors (Lipinski definition) is 0. The summed E-state index contributed by atoms with van der Waals surface area (Å²) in [7, 11) is 1.76. The van der Waals surface area contributed by atoms with Crippen molar-refractivity contribution in [3.8, 4) is 0 Å². The summed E-state index contributed by atoms with van der Waals surface area (Å²) in [6, 6.07) is 8.04. The van der Waals surface area contributed by atoms with Crippen LogP contribution in [0.2, 0.25) is 0 Å². The van der Waals surface area contributed by atoms with Gasteiger partial charge >= 0.3 is 0 Å². The van der Waals surface area contributed by atoms with Gasteiger partial charge in [0.1, 0.15) is 0 Å². The summed E-state index contributed by atoms with van der Waals surface area (Å²) in [6.07, 6.45) is 1.83. The Morgan fingerprint density at radius 3 is 2.83 bits per heavy atom. The molecule has 2 heteroatoms. The molecular formula is C10H12N2. The fraction of sp³-hybridized carbons (Fsp3) is 0.200. The van der Waals surface area contributed by atoms with Gasteiger partial charge in [0.05, 0.1) is 6.54 Å². The van der Waals surface area contributed by atoms with Crippen LogP contribution in [0.25, 0.3) is 0 Å². The van der Waals surface area contributed by atoms with E-state index in [1.165, 1.54) is 0 Å². The predicted octanol–water partition coefficient (Wildman–Crippen LogP) is 1.94. The number of hydrogen-bond acceptors (Lipinski definition) is 2. The number of benzene rings is 1. The number of nitrogens with zero attached hydrogens (tertiary/aromatic N) is 2. The lowest BCUT2D eigenvalue weighted by molar-refractivity contribution is 1.08. The van der Waals surface area contributed by atoms with Gasteiger partial charge in [0, 0.05) is 13.3 Å². The summed E-state index contributed by atoms with van der Waals surface area (Å²) in [6.45, 7) is 4.12. The summed E-state index contributed by atoms with van der Waals surface area (Å²) < 4.78 is 0. The van der Waals surface area contributed by atoms with E-state index in [1.54, 1.807) is 7.05 Å². The monoisotopic (exact) mass is 160 g/mol. The Balaban J connectivity index is 2.99. The van der Waals surface area contributed by atoms with E-state index in [-0.39, 0.29) is 0 Å². The minimum Gasteiger partial charge on any atom is -0.296 e. The summed E-state index contributed by atoms with van der Waals surface area (Å²) in [4.78, 5) is 7.80. The van der Waals surface area contributed by atoms with Crippen LogP contribution in [0.5, 0.6) is 0 Å². The lowest BCUT2D eigenvalue weighted by Gasteiger charge is -2.00. The average Bonchev–Trinajstić information content (AvgIpc) is 2.09. The summed E-state index contributed by atoms with van der Waals surface area (Å²) in [5, 5.41) is 0. The molecule has 1 aromatic carbocycles. The average molecular weight is 160 g/mol. The van der Waals surface area contributed by atoms with Crippen molar-refractivity contribution in [2.24, 2.45) is 9.98 Å². The lowest BCUT2D eigenvalue weighted by atomic mass is 10.1. The minimum atomic E-state index is 0.655. The Hall–Kier alpha value is -1.44. The zero-order valence-corrected chi connectivity index (χ0v) is 7.20. The zero-order valence-electron chi connectivity index (χ0n) is 7.20. The van der Waals surface area contributed by atoms with E-state index in [4.69, 9.17) is 0 Å². The molecule has 0 aliphatic heterocycles. The van der Waals surface area contributed by atoms with Crippen LogP contribution in [0.4, 0.5) is 0 Å². The topological polar surface area (TPSA) is 24.7 Å². The summed E-state index contributed by atoms with van der Waals surface area (Å²) >= 11 is 0. The molecule has 12 heavy (non-hydrogen) atoms. The van der Waals surface area contributed by atoms with Crippen LogP contribution in [0.1, 0.15) is 11.1 Å². The van der Waals surface area contributed by atoms with E-state index in [2.05, 4.69) is 16.7 Å². The van der Waals surface area contributed by atoms with E-state index in [9.17, 15) is 0 Å². The maximum atomic E-state index is 3.96. The molecule has 1 aromatic rings. The van der Waals surface area contributed by atoms with Crippen molar-refractivity contribution in [2.45, 2.75) is 6.54 Å². The van der Waals surface area contributed by atoms with Gasteiger partial charge in [-0.15, -0.1) is 0 Å². The molecule has 2 nitrogen and oxygen atoms in total. The molecule has 0 bridgehead atoms. The molecular weight excluding hydrogens is 148 g/mol. The fourth-order valence-corrected chi connectivity index (χ4v) is 1.06. The first-order chi connectivity index (χ1) is 5.88. The first kappa shape index (κ1) is 8.65. The third kappa shape index (κ3) is 2.02. The minimum absolute atomic E-state index is 0.655. The van der Waals surface area contributed by atoms with Gasteiger partial charge in [0.25, 0.3) is 0 Å². The molecule has 0 heterocycles. The smallest absolute Gasteiger partial charge is 0.0638 e. The molecule has 0 aromatic heterocycles. The van der Waals surface area contributed by atoms with Crippen molar-refractivity contribution in [3.63, 3.8) is 0 Å². The molecule has 0 aliphatic rings. The van der Waals surface area contributed by atoms with Crippen LogP contribution in [0, 0.1) is 0 Å². The van der Waals surface area contributed by atoms with Gasteiger partial charge in [-0.25, -0.2) is 0 Å². The van der Waals surface area contributed by atoms with E-state index >= 15 is 0 Å². The highest BCUT2D eigenvalue weighted by atomic mass is 14.7. The maximum Gasteiger partial charge on any atom is 0.0638 e. The predicted molar refractivity (Wildman–Crippen MR) is 53.2 cm³/mol. The zero-order chi connectivity index (χ0) is 8.81. The first-order valence-corrected chi connectivity index (χ1v) is 3.81. The second-order valence-electron chi connectivity index (χ2n) is 2.47. The fourth-order valence-electron chi connectivity index (χ4n) is 1.06.